The molecule has 3 rings (SSSR count). The zero-order valence-corrected chi connectivity index (χ0v) is 23.4. The van der Waals surface area contributed by atoms with E-state index in [4.69, 9.17) is 19.4 Å². The fourth-order valence-corrected chi connectivity index (χ4v) is 6.02. The maximum Gasteiger partial charge on any atom is 0.490 e. The molecule has 0 spiro atoms. The van der Waals surface area contributed by atoms with Crippen LogP contribution in [0.5, 0.6) is 5.75 Å². The first-order chi connectivity index (χ1) is 19.3. The van der Waals surface area contributed by atoms with Gasteiger partial charge in [-0.15, -0.1) is 0 Å². The molecule has 1 amide bonds. The number of benzene rings is 1. The summed E-state index contributed by atoms with van der Waals surface area (Å²) in [4.78, 5) is 25.9. The van der Waals surface area contributed by atoms with Crippen LogP contribution in [0.3, 0.4) is 0 Å². The standard InChI is InChI=1S/C24H33N3O6S.C2HF3O2/c1-3-16-33-21-6-4-19(5-7-21)23(24(28)26-29)27(17-18-12-14-25-15-13-18)34(30,31)22-10-8-20(32-2)9-11-22;3-2(4,5)1(6)7/h8-15,19,21,23,29H,3-7,16-17H2,1-2H3,(H,26,28);(H,6,7). The number of hydrogen-bond acceptors (Lipinski definition) is 8. The fraction of sp³-hybridized carbons (Fsp3) is 0.500. The molecule has 1 aromatic carbocycles. The molecule has 2 aromatic rings. The van der Waals surface area contributed by atoms with Crippen molar-refractivity contribution in [2.45, 2.75) is 68.8 Å². The van der Waals surface area contributed by atoms with E-state index in [-0.39, 0.29) is 23.5 Å². The zero-order chi connectivity index (χ0) is 30.6. The molecular weight excluding hydrogens is 571 g/mol. The lowest BCUT2D eigenvalue weighted by atomic mass is 9.82. The summed E-state index contributed by atoms with van der Waals surface area (Å²) in [7, 11) is -2.60. The summed E-state index contributed by atoms with van der Waals surface area (Å²) in [6.07, 6.45) is 1.76. The number of nitrogens with one attached hydrogen (secondary N) is 1. The monoisotopic (exact) mass is 605 g/mol. The molecule has 0 radical (unpaired) electrons. The summed E-state index contributed by atoms with van der Waals surface area (Å²) in [6.45, 7) is 2.69. The van der Waals surface area contributed by atoms with E-state index in [0.717, 1.165) is 19.3 Å². The van der Waals surface area contributed by atoms with Gasteiger partial charge in [-0.1, -0.05) is 6.92 Å². The minimum Gasteiger partial charge on any atom is -0.497 e. The lowest BCUT2D eigenvalue weighted by Crippen LogP contribution is -2.53. The molecular formula is C26H34F3N3O8S. The fourth-order valence-electron chi connectivity index (χ4n) is 4.39. The third kappa shape index (κ3) is 9.95. The van der Waals surface area contributed by atoms with Gasteiger partial charge in [0.05, 0.1) is 18.1 Å². The first-order valence-corrected chi connectivity index (χ1v) is 14.2. The van der Waals surface area contributed by atoms with Crippen LogP contribution in [-0.2, 0) is 30.9 Å². The molecule has 228 valence electrons. The second-order valence-corrected chi connectivity index (χ2v) is 11.1. The number of carboxylic acids is 1. The SMILES string of the molecule is CCCOC1CCC(C(C(=O)NO)N(Cc2ccncc2)S(=O)(=O)c2ccc(OC)cc2)CC1.O=C(O)C(F)(F)F. The number of carbonyl (C=O) groups is 2. The summed E-state index contributed by atoms with van der Waals surface area (Å²) in [5.74, 6) is -3.25. The van der Waals surface area contributed by atoms with Gasteiger partial charge in [0.1, 0.15) is 11.8 Å². The Kier molecular flexibility index (Phi) is 13.0. The van der Waals surface area contributed by atoms with Gasteiger partial charge in [-0.05, 0) is 80.0 Å². The number of pyridine rings is 1. The van der Waals surface area contributed by atoms with E-state index < -0.39 is 34.1 Å². The van der Waals surface area contributed by atoms with Crippen molar-refractivity contribution in [3.63, 3.8) is 0 Å². The van der Waals surface area contributed by atoms with Crippen molar-refractivity contribution in [2.75, 3.05) is 13.7 Å². The van der Waals surface area contributed by atoms with Crippen molar-refractivity contribution in [3.8, 4) is 5.75 Å². The van der Waals surface area contributed by atoms with Gasteiger partial charge in [0.15, 0.2) is 0 Å². The van der Waals surface area contributed by atoms with E-state index in [0.29, 0.717) is 30.8 Å². The number of ether oxygens (including phenoxy) is 2. The molecule has 1 unspecified atom stereocenters. The van der Waals surface area contributed by atoms with Crippen molar-refractivity contribution < 1.29 is 51.0 Å². The Labute approximate surface area is 236 Å². The molecule has 1 fully saturated rings. The molecule has 1 atom stereocenters. The Morgan fingerprint density at radius 3 is 2.12 bits per heavy atom. The lowest BCUT2D eigenvalue weighted by molar-refractivity contribution is -0.192. The molecule has 11 nitrogen and oxygen atoms in total. The largest absolute Gasteiger partial charge is 0.497 e. The molecule has 1 saturated carbocycles. The van der Waals surface area contributed by atoms with Crippen LogP contribution < -0.4 is 10.2 Å². The van der Waals surface area contributed by atoms with E-state index in [9.17, 15) is 31.6 Å². The van der Waals surface area contributed by atoms with Gasteiger partial charge in [0, 0.05) is 25.5 Å². The number of alkyl halides is 3. The Balaban J connectivity index is 0.000000745. The van der Waals surface area contributed by atoms with Crippen LogP contribution in [0, 0.1) is 5.92 Å². The summed E-state index contributed by atoms with van der Waals surface area (Å²) in [5, 5.41) is 16.7. The summed E-state index contributed by atoms with van der Waals surface area (Å²) < 4.78 is 71.6. The van der Waals surface area contributed by atoms with Gasteiger partial charge < -0.3 is 14.6 Å². The molecule has 15 heteroatoms. The van der Waals surface area contributed by atoms with Crippen LogP contribution in [0.1, 0.15) is 44.6 Å². The van der Waals surface area contributed by atoms with E-state index in [1.807, 2.05) is 6.92 Å². The molecule has 1 aliphatic carbocycles. The number of hydrogen-bond donors (Lipinski definition) is 3. The molecule has 1 aliphatic rings. The number of nitrogens with zero attached hydrogens (tertiary/aromatic N) is 2. The first-order valence-electron chi connectivity index (χ1n) is 12.8. The molecule has 41 heavy (non-hydrogen) atoms. The molecule has 0 bridgehead atoms. The number of carbonyl (C=O) groups excluding carboxylic acids is 1. The van der Waals surface area contributed by atoms with Crippen LogP contribution in [0.25, 0.3) is 0 Å². The van der Waals surface area contributed by atoms with Gasteiger partial charge >= 0.3 is 12.1 Å². The second-order valence-electron chi connectivity index (χ2n) is 9.21. The van der Waals surface area contributed by atoms with Gasteiger partial charge in [0.2, 0.25) is 10.0 Å². The average Bonchev–Trinajstić information content (AvgIpc) is 2.96. The molecule has 1 heterocycles. The Morgan fingerprint density at radius 2 is 1.66 bits per heavy atom. The minimum absolute atomic E-state index is 0.0399. The number of aliphatic carboxylic acids is 1. The summed E-state index contributed by atoms with van der Waals surface area (Å²) in [5.41, 5.74) is 2.39. The first kappa shape index (κ1) is 33.9. The quantitative estimate of drug-likeness (QED) is 0.256. The predicted octanol–water partition coefficient (Wildman–Crippen LogP) is 3.77. The van der Waals surface area contributed by atoms with Gasteiger partial charge in [-0.2, -0.15) is 17.5 Å². The molecule has 1 aromatic heterocycles. The Bertz CT molecular complexity index is 1210. The van der Waals surface area contributed by atoms with E-state index >= 15 is 0 Å². The highest BCUT2D eigenvalue weighted by molar-refractivity contribution is 7.89. The van der Waals surface area contributed by atoms with Crippen LogP contribution in [0.2, 0.25) is 0 Å². The third-order valence-corrected chi connectivity index (χ3v) is 8.25. The summed E-state index contributed by atoms with van der Waals surface area (Å²) in [6, 6.07) is 8.37. The maximum atomic E-state index is 13.8. The Hall–Kier alpha value is -3.27. The second kappa shape index (κ2) is 15.7. The highest BCUT2D eigenvalue weighted by atomic mass is 32.2. The van der Waals surface area contributed by atoms with Gasteiger partial charge in [-0.25, -0.2) is 18.7 Å². The number of halogens is 3. The van der Waals surface area contributed by atoms with Crippen LogP contribution in [0.4, 0.5) is 13.2 Å². The minimum atomic E-state index is -5.08. The molecule has 3 N–H and O–H groups in total. The van der Waals surface area contributed by atoms with E-state index in [2.05, 4.69) is 4.98 Å². The van der Waals surface area contributed by atoms with Crippen molar-refractivity contribution in [3.05, 3.63) is 54.4 Å². The average molecular weight is 606 g/mol. The Morgan fingerprint density at radius 1 is 1.10 bits per heavy atom. The van der Waals surface area contributed by atoms with Crippen molar-refractivity contribution in [1.82, 2.24) is 14.8 Å². The third-order valence-electron chi connectivity index (χ3n) is 6.41. The van der Waals surface area contributed by atoms with Crippen molar-refractivity contribution in [2.24, 2.45) is 5.92 Å². The number of methoxy groups -OCH3 is 1. The molecule has 0 aliphatic heterocycles. The van der Waals surface area contributed by atoms with Crippen molar-refractivity contribution >= 4 is 21.9 Å². The highest BCUT2D eigenvalue weighted by Crippen LogP contribution is 2.34. The van der Waals surface area contributed by atoms with Crippen LogP contribution >= 0.6 is 0 Å². The molecule has 0 saturated heterocycles. The van der Waals surface area contributed by atoms with Gasteiger partial charge in [-0.3, -0.25) is 15.0 Å². The number of sulfonamides is 1. The van der Waals surface area contributed by atoms with Gasteiger partial charge in [0.25, 0.3) is 5.91 Å². The number of amides is 1. The predicted molar refractivity (Wildman–Crippen MR) is 139 cm³/mol. The number of rotatable bonds is 11. The van der Waals surface area contributed by atoms with Crippen molar-refractivity contribution in [1.29, 1.82) is 0 Å². The highest BCUT2D eigenvalue weighted by Gasteiger charge is 2.42. The lowest BCUT2D eigenvalue weighted by Gasteiger charge is -2.38. The number of hydroxylamine groups is 1. The maximum absolute atomic E-state index is 13.8. The van der Waals surface area contributed by atoms with Crippen LogP contribution in [-0.4, -0.2) is 71.9 Å². The van der Waals surface area contributed by atoms with E-state index in [1.165, 1.54) is 23.5 Å². The topological polar surface area (TPSA) is 155 Å². The van der Waals surface area contributed by atoms with E-state index in [1.54, 1.807) is 42.1 Å². The van der Waals surface area contributed by atoms with Crippen LogP contribution in [0.15, 0.2) is 53.7 Å². The summed E-state index contributed by atoms with van der Waals surface area (Å²) >= 11 is 0. The zero-order valence-electron chi connectivity index (χ0n) is 22.6. The normalized spacial score (nSPS) is 18.1. The number of carboxylic acid groups (broad SMARTS) is 1. The smallest absolute Gasteiger partial charge is 0.490 e. The number of aromatic nitrogens is 1.